The first-order valence-corrected chi connectivity index (χ1v) is 12.0. The number of rotatable bonds is 7. The van der Waals surface area contributed by atoms with E-state index in [1.54, 1.807) is 25.1 Å². The Morgan fingerprint density at radius 3 is 2.20 bits per heavy atom. The van der Waals surface area contributed by atoms with Crippen molar-refractivity contribution in [3.05, 3.63) is 84.4 Å². The average molecular weight is 446 g/mol. The molecule has 0 aliphatic carbocycles. The van der Waals surface area contributed by atoms with Crippen molar-refractivity contribution in [1.82, 2.24) is 0 Å². The molecule has 0 aliphatic heterocycles. The van der Waals surface area contributed by atoms with E-state index in [2.05, 4.69) is 0 Å². The second-order valence-corrected chi connectivity index (χ2v) is 9.86. The van der Waals surface area contributed by atoms with Gasteiger partial charge >= 0.3 is 13.6 Å². The molecule has 30 heavy (non-hydrogen) atoms. The molecule has 3 aromatic rings. The molecule has 9 heteroatoms. The molecule has 0 heterocycles. The third kappa shape index (κ3) is 4.79. The Balaban J connectivity index is 1.82. The van der Waals surface area contributed by atoms with Crippen LogP contribution < -0.4 is 9.83 Å². The van der Waals surface area contributed by atoms with Crippen LogP contribution in [0.4, 0.5) is 0 Å². The Bertz CT molecular complexity index is 1190. The average Bonchev–Trinajstić information content (AvgIpc) is 2.75. The van der Waals surface area contributed by atoms with Crippen LogP contribution in [0.1, 0.15) is 17.3 Å². The van der Waals surface area contributed by atoms with E-state index < -0.39 is 23.4 Å². The van der Waals surface area contributed by atoms with Crippen LogP contribution in [0.25, 0.3) is 0 Å². The maximum Gasteiger partial charge on any atom is 0.408 e. The molecule has 3 aromatic carbocycles. The molecule has 7 nitrogen and oxygen atoms in total. The van der Waals surface area contributed by atoms with Gasteiger partial charge in [-0.2, -0.15) is 0 Å². The first-order valence-electron chi connectivity index (χ1n) is 8.94. The highest BCUT2D eigenvalue weighted by Crippen LogP contribution is 2.42. The zero-order valence-electron chi connectivity index (χ0n) is 16.0. The zero-order chi connectivity index (χ0) is 21.8. The van der Waals surface area contributed by atoms with Gasteiger partial charge < -0.3 is 14.2 Å². The van der Waals surface area contributed by atoms with Crippen LogP contribution in [0.3, 0.4) is 0 Å². The topological polar surface area (TPSA) is 107 Å². The Labute approximate surface area is 174 Å². The zero-order valence-corrected chi connectivity index (χ0v) is 17.7. The van der Waals surface area contributed by atoms with Crippen LogP contribution in [0, 0.1) is 0 Å². The number of carbonyl (C=O) groups is 1. The summed E-state index contributed by atoms with van der Waals surface area (Å²) in [6.45, 7) is 1.83. The fourth-order valence-corrected chi connectivity index (χ4v) is 5.01. The minimum absolute atomic E-state index is 0.00869. The molecular weight excluding hydrogens is 427 g/mol. The first-order chi connectivity index (χ1) is 14.2. The lowest BCUT2D eigenvalue weighted by atomic mass is 10.2. The normalized spacial score (nSPS) is 13.3. The van der Waals surface area contributed by atoms with Crippen LogP contribution in [0.5, 0.6) is 5.75 Å². The van der Waals surface area contributed by atoms with Crippen LogP contribution in [0.15, 0.2) is 88.7 Å². The van der Waals surface area contributed by atoms with Crippen molar-refractivity contribution >= 4 is 28.7 Å². The molecule has 1 N–H and O–H groups in total. The first kappa shape index (κ1) is 21.8. The van der Waals surface area contributed by atoms with Crippen molar-refractivity contribution in [2.45, 2.75) is 16.7 Å². The summed E-state index contributed by atoms with van der Waals surface area (Å²) in [4.78, 5) is 22.4. The molecule has 0 bridgehead atoms. The molecule has 1 unspecified atom stereocenters. The number of ether oxygens (including phenoxy) is 1. The van der Waals surface area contributed by atoms with Gasteiger partial charge in [0, 0.05) is 0 Å². The van der Waals surface area contributed by atoms with Gasteiger partial charge in [-0.25, -0.2) is 17.8 Å². The summed E-state index contributed by atoms with van der Waals surface area (Å²) in [6, 6.07) is 18.6. The van der Waals surface area contributed by atoms with Gasteiger partial charge in [-0.1, -0.05) is 24.3 Å². The Morgan fingerprint density at radius 2 is 1.57 bits per heavy atom. The van der Waals surface area contributed by atoms with Crippen LogP contribution in [-0.4, -0.2) is 25.9 Å². The van der Waals surface area contributed by atoms with Gasteiger partial charge in [0.2, 0.25) is 9.84 Å². The van der Waals surface area contributed by atoms with Crippen molar-refractivity contribution < 1.29 is 31.9 Å². The molecule has 0 saturated carbocycles. The van der Waals surface area contributed by atoms with Crippen LogP contribution >= 0.6 is 7.60 Å². The Hall–Kier alpha value is -2.93. The van der Waals surface area contributed by atoms with Crippen molar-refractivity contribution in [3.8, 4) is 5.75 Å². The van der Waals surface area contributed by atoms with Gasteiger partial charge in [-0.15, -0.1) is 0 Å². The lowest BCUT2D eigenvalue weighted by molar-refractivity contribution is 0.0526. The molecule has 3 rings (SSSR count). The quantitative estimate of drug-likeness (QED) is 0.437. The standard InChI is InChI=1S/C21H19O7PS/c1-2-27-21(22)16-7-6-8-18(15-16)29(23,24)28-17-11-13-20(14-12-17)30(25,26)19-9-4-3-5-10-19/h3-15H,2H2,1H3,(H,23,24). The van der Waals surface area contributed by atoms with Gasteiger partial charge in [0.15, 0.2) is 0 Å². The minimum atomic E-state index is -4.32. The van der Waals surface area contributed by atoms with Crippen molar-refractivity contribution in [2.75, 3.05) is 6.61 Å². The van der Waals surface area contributed by atoms with Gasteiger partial charge in [0.1, 0.15) is 5.75 Å². The van der Waals surface area contributed by atoms with Crippen LogP contribution in [-0.2, 0) is 19.1 Å². The van der Waals surface area contributed by atoms with E-state index in [0.717, 1.165) is 0 Å². The number of carbonyl (C=O) groups excluding carboxylic acids is 1. The number of benzene rings is 3. The van der Waals surface area contributed by atoms with Gasteiger partial charge in [0.05, 0.1) is 27.3 Å². The SMILES string of the molecule is CCOC(=O)c1cccc(P(=O)(O)Oc2ccc(S(=O)(=O)c3ccccc3)cc2)c1. The summed E-state index contributed by atoms with van der Waals surface area (Å²) < 4.78 is 48.0. The molecule has 0 spiro atoms. The number of hydrogen-bond acceptors (Lipinski definition) is 6. The number of esters is 1. The van der Waals surface area contributed by atoms with Crippen molar-refractivity contribution in [2.24, 2.45) is 0 Å². The van der Waals surface area contributed by atoms with Gasteiger partial charge in [-0.3, -0.25) is 0 Å². The van der Waals surface area contributed by atoms with E-state index >= 15 is 0 Å². The minimum Gasteiger partial charge on any atom is -0.462 e. The molecule has 0 amide bonds. The molecule has 1 atom stereocenters. The molecule has 156 valence electrons. The van der Waals surface area contributed by atoms with Crippen molar-refractivity contribution in [3.63, 3.8) is 0 Å². The highest BCUT2D eigenvalue weighted by Gasteiger charge is 2.26. The molecule has 0 fully saturated rings. The van der Waals surface area contributed by atoms with E-state index in [1.807, 2.05) is 0 Å². The maximum atomic E-state index is 12.7. The lowest BCUT2D eigenvalue weighted by Gasteiger charge is -2.14. The predicted molar refractivity (Wildman–Crippen MR) is 111 cm³/mol. The van der Waals surface area contributed by atoms with Crippen LogP contribution in [0.2, 0.25) is 0 Å². The summed E-state index contributed by atoms with van der Waals surface area (Å²) in [6.07, 6.45) is 0. The second-order valence-electron chi connectivity index (χ2n) is 6.17. The molecular formula is C21H19O7PS. The van der Waals surface area contributed by atoms with E-state index in [9.17, 15) is 22.7 Å². The summed E-state index contributed by atoms with van der Waals surface area (Å²) in [5, 5.41) is -0.0889. The van der Waals surface area contributed by atoms with E-state index in [1.165, 1.54) is 60.7 Å². The largest absolute Gasteiger partial charge is 0.462 e. The van der Waals surface area contributed by atoms with E-state index in [-0.39, 0.29) is 33.0 Å². The summed E-state index contributed by atoms with van der Waals surface area (Å²) in [5.41, 5.74) is 0.122. The smallest absolute Gasteiger partial charge is 0.408 e. The monoisotopic (exact) mass is 446 g/mol. The fourth-order valence-electron chi connectivity index (χ4n) is 2.63. The van der Waals surface area contributed by atoms with E-state index in [0.29, 0.717) is 0 Å². The summed E-state index contributed by atoms with van der Waals surface area (Å²) >= 11 is 0. The Morgan fingerprint density at radius 1 is 0.933 bits per heavy atom. The predicted octanol–water partition coefficient (Wildman–Crippen LogP) is 3.59. The Kier molecular flexibility index (Phi) is 6.41. The highest BCUT2D eigenvalue weighted by atomic mass is 32.2. The highest BCUT2D eigenvalue weighted by molar-refractivity contribution is 7.91. The number of hydrogen-bond donors (Lipinski definition) is 1. The summed E-state index contributed by atoms with van der Waals surface area (Å²) in [5.74, 6) is -0.607. The maximum absolute atomic E-state index is 12.7. The number of sulfone groups is 1. The van der Waals surface area contributed by atoms with Crippen molar-refractivity contribution in [1.29, 1.82) is 0 Å². The molecule has 0 saturated heterocycles. The van der Waals surface area contributed by atoms with Gasteiger partial charge in [-0.05, 0) is 61.5 Å². The molecule has 0 aromatic heterocycles. The fraction of sp³-hybridized carbons (Fsp3) is 0.0952. The van der Waals surface area contributed by atoms with E-state index in [4.69, 9.17) is 9.26 Å². The molecule has 0 radical (unpaired) electrons. The third-order valence-corrected chi connectivity index (χ3v) is 7.27. The second kappa shape index (κ2) is 8.83. The van der Waals surface area contributed by atoms with Gasteiger partial charge in [0.25, 0.3) is 0 Å². The lowest BCUT2D eigenvalue weighted by Crippen LogP contribution is -2.13. The summed E-state index contributed by atoms with van der Waals surface area (Å²) in [7, 11) is -8.03. The molecule has 0 aliphatic rings. The third-order valence-electron chi connectivity index (χ3n) is 4.10.